The number of benzene rings is 4. The molecule has 0 spiro atoms. The van der Waals surface area contributed by atoms with Crippen LogP contribution in [0.5, 0.6) is 11.5 Å². The Kier molecular flexibility index (Phi) is 16.8. The number of piperidine rings is 1. The summed E-state index contributed by atoms with van der Waals surface area (Å²) in [7, 11) is 1.57. The highest BCUT2D eigenvalue weighted by Gasteiger charge is 2.44. The van der Waals surface area contributed by atoms with Crippen molar-refractivity contribution in [2.45, 2.75) is 71.4 Å². The van der Waals surface area contributed by atoms with Gasteiger partial charge in [-0.2, -0.15) is 18.3 Å². The fraction of sp³-hybridized carbons (Fsp3) is 0.400. The van der Waals surface area contributed by atoms with Gasteiger partial charge in [0.25, 0.3) is 11.8 Å². The van der Waals surface area contributed by atoms with Crippen LogP contribution in [0.1, 0.15) is 62.6 Å². The van der Waals surface area contributed by atoms with Crippen LogP contribution in [0, 0.1) is 19.7 Å². The second kappa shape index (κ2) is 23.7. The minimum Gasteiger partial charge on any atom is -0.493 e. The van der Waals surface area contributed by atoms with Crippen molar-refractivity contribution in [1.82, 2.24) is 34.4 Å². The van der Waals surface area contributed by atoms with Crippen molar-refractivity contribution in [2.75, 3.05) is 72.9 Å². The van der Waals surface area contributed by atoms with E-state index >= 15 is 0 Å². The zero-order valence-corrected chi connectivity index (χ0v) is 43.8. The zero-order chi connectivity index (χ0) is 55.4. The van der Waals surface area contributed by atoms with Crippen molar-refractivity contribution >= 4 is 68.8 Å². The number of fused-ring (bicyclic) bond motifs is 3. The Balaban J connectivity index is 0.974. The van der Waals surface area contributed by atoms with Gasteiger partial charge in [0.15, 0.2) is 6.61 Å². The van der Waals surface area contributed by atoms with Crippen LogP contribution in [-0.2, 0) is 59.4 Å². The Hall–Kier alpha value is -7.40. The molecule has 412 valence electrons. The van der Waals surface area contributed by atoms with Crippen molar-refractivity contribution in [2.24, 2.45) is 0 Å². The number of aromatic nitrogens is 3. The molecule has 78 heavy (non-hydrogen) atoms. The number of hydrogen-bond acceptors (Lipinski definition) is 13. The largest absolute Gasteiger partial charge is 0.493 e. The maximum Gasteiger partial charge on any atom is 0.491 e. The second-order valence-corrected chi connectivity index (χ2v) is 19.5. The van der Waals surface area contributed by atoms with E-state index in [-0.39, 0.29) is 99.7 Å². The van der Waals surface area contributed by atoms with Crippen LogP contribution in [-0.4, -0.2) is 150 Å². The fourth-order valence-electron chi connectivity index (χ4n) is 10.5. The SMILES string of the molecule is COCCOCCn1nc(C)c(-c2c(Cl)ccc3c(CCCOc4cccc5cc(F)ccc45)c(C(=O)OC(=O)C(F)(F)F)n(CCN4CCN(C(=O)COc5cccc6c5CN(C5CCC(=O)NC5=O)C6=O)CC4)c23)c1C. The summed E-state index contributed by atoms with van der Waals surface area (Å²) in [5.74, 6) is -5.50. The van der Waals surface area contributed by atoms with Crippen LogP contribution in [0.2, 0.25) is 5.02 Å². The minimum atomic E-state index is -5.49. The second-order valence-electron chi connectivity index (χ2n) is 19.1. The summed E-state index contributed by atoms with van der Waals surface area (Å²) >= 11 is 7.15. The number of carbonyl (C=O) groups excluding carboxylic acids is 6. The Morgan fingerprint density at radius 2 is 1.60 bits per heavy atom. The van der Waals surface area contributed by atoms with Gasteiger partial charge >= 0.3 is 18.1 Å². The molecule has 0 bridgehead atoms. The third kappa shape index (κ3) is 11.7. The first-order chi connectivity index (χ1) is 37.4. The number of nitrogens with one attached hydrogen (secondary N) is 1. The summed E-state index contributed by atoms with van der Waals surface area (Å²) in [5, 5.41) is 9.07. The van der Waals surface area contributed by atoms with Crippen molar-refractivity contribution in [1.29, 1.82) is 0 Å². The Morgan fingerprint density at radius 3 is 2.36 bits per heavy atom. The molecule has 3 aliphatic rings. The van der Waals surface area contributed by atoms with Gasteiger partial charge in [-0.25, -0.2) is 14.0 Å². The first-order valence-electron chi connectivity index (χ1n) is 25.4. The highest BCUT2D eigenvalue weighted by molar-refractivity contribution is 6.35. The third-order valence-electron chi connectivity index (χ3n) is 14.3. The lowest BCUT2D eigenvalue weighted by Crippen LogP contribution is -2.52. The van der Waals surface area contributed by atoms with E-state index < -0.39 is 41.8 Å². The smallest absolute Gasteiger partial charge is 0.491 e. The summed E-state index contributed by atoms with van der Waals surface area (Å²) in [6.07, 6.45) is -4.91. The third-order valence-corrected chi connectivity index (χ3v) is 14.6. The molecule has 3 aliphatic heterocycles. The van der Waals surface area contributed by atoms with Crippen LogP contribution in [0.4, 0.5) is 17.6 Å². The minimum absolute atomic E-state index is 0.0120. The van der Waals surface area contributed by atoms with E-state index in [1.54, 1.807) is 82.8 Å². The van der Waals surface area contributed by atoms with E-state index in [9.17, 15) is 46.3 Å². The van der Waals surface area contributed by atoms with Crippen LogP contribution in [0.15, 0.2) is 66.7 Å². The van der Waals surface area contributed by atoms with Crippen molar-refractivity contribution in [3.63, 3.8) is 0 Å². The van der Waals surface area contributed by atoms with E-state index in [2.05, 4.69) is 10.1 Å². The Labute approximate surface area is 450 Å². The summed E-state index contributed by atoms with van der Waals surface area (Å²) in [6, 6.07) is 16.9. The first kappa shape index (κ1) is 55.4. The van der Waals surface area contributed by atoms with Gasteiger partial charge in [0, 0.05) is 91.5 Å². The van der Waals surface area contributed by atoms with Crippen LogP contribution >= 0.6 is 11.6 Å². The monoisotopic (exact) mass is 1100 g/mol. The molecule has 1 N–H and O–H groups in total. The molecule has 1 atom stereocenters. The highest BCUT2D eigenvalue weighted by atomic mass is 35.5. The molecular formula is C55H56ClF4N7O11. The highest BCUT2D eigenvalue weighted by Crippen LogP contribution is 2.43. The lowest BCUT2D eigenvalue weighted by molar-refractivity contribution is -0.193. The molecule has 1 unspecified atom stereocenters. The molecule has 18 nitrogen and oxygen atoms in total. The van der Waals surface area contributed by atoms with Crippen molar-refractivity contribution < 1.29 is 70.0 Å². The number of hydrogen-bond donors (Lipinski definition) is 1. The van der Waals surface area contributed by atoms with E-state index in [1.807, 2.05) is 11.8 Å². The molecule has 5 heterocycles. The van der Waals surface area contributed by atoms with Gasteiger partial charge in [0.2, 0.25) is 11.8 Å². The molecule has 2 aromatic heterocycles. The van der Waals surface area contributed by atoms with Gasteiger partial charge in [0.1, 0.15) is 29.1 Å². The Bertz CT molecular complexity index is 3320. The molecule has 4 amide bonds. The van der Waals surface area contributed by atoms with Crippen LogP contribution in [0.3, 0.4) is 0 Å². The average Bonchev–Trinajstić information content (AvgIpc) is 4.25. The molecule has 0 aliphatic carbocycles. The molecule has 2 fully saturated rings. The summed E-state index contributed by atoms with van der Waals surface area (Å²) in [4.78, 5) is 83.2. The average molecular weight is 1100 g/mol. The Morgan fingerprint density at radius 1 is 0.846 bits per heavy atom. The van der Waals surface area contributed by atoms with Gasteiger partial charge in [0.05, 0.1) is 55.8 Å². The summed E-state index contributed by atoms with van der Waals surface area (Å²) in [5.41, 5.74) is 3.57. The molecule has 0 saturated carbocycles. The number of halogens is 5. The summed E-state index contributed by atoms with van der Waals surface area (Å²) < 4.78 is 86.6. The number of ether oxygens (including phenoxy) is 5. The molecule has 23 heteroatoms. The number of piperazine rings is 1. The van der Waals surface area contributed by atoms with E-state index in [1.165, 1.54) is 17.0 Å². The summed E-state index contributed by atoms with van der Waals surface area (Å²) in [6.45, 7) is 6.28. The van der Waals surface area contributed by atoms with Crippen molar-refractivity contribution in [3.05, 3.63) is 111 Å². The number of alkyl halides is 3. The first-order valence-corrected chi connectivity index (χ1v) is 25.8. The maximum atomic E-state index is 14.3. The zero-order valence-electron chi connectivity index (χ0n) is 43.0. The number of rotatable bonds is 20. The molecule has 6 aromatic rings. The van der Waals surface area contributed by atoms with Gasteiger partial charge in [-0.3, -0.25) is 34.1 Å². The quantitative estimate of drug-likeness (QED) is 0.0271. The number of esters is 2. The van der Waals surface area contributed by atoms with Gasteiger partial charge in [-0.1, -0.05) is 35.9 Å². The van der Waals surface area contributed by atoms with Crippen LogP contribution in [0.25, 0.3) is 32.8 Å². The van der Waals surface area contributed by atoms with Crippen molar-refractivity contribution in [3.8, 4) is 22.6 Å². The standard InChI is InChI=1S/C55H56ClF4N7O11/c1-32-47(33(2)67(62-32)24-26-75-28-27-74-3)48-41(56)15-14-38-37(9-6-25-76-43-10-4-7-34-29-35(57)12-13-36(34)43)50(53(72)78-54(73)55(58,59)60)65(49(38)48)23-20-63-18-21-64(22-19-63)46(69)31-77-44-11-5-8-39-40(44)30-66(52(39)71)42-16-17-45(68)61-51(42)70/h4-5,7-8,10-15,29,42H,6,9,16-28,30-31H2,1-3H3,(H,61,68,70). The number of aryl methyl sites for hydroxylation is 2. The van der Waals surface area contributed by atoms with Gasteiger partial charge < -0.3 is 38.1 Å². The predicted octanol–water partition coefficient (Wildman–Crippen LogP) is 6.97. The topological polar surface area (TPSA) is 193 Å². The lowest BCUT2D eigenvalue weighted by atomic mass is 9.98. The molecule has 4 aromatic carbocycles. The maximum absolute atomic E-state index is 14.3. The van der Waals surface area contributed by atoms with Gasteiger partial charge in [-0.15, -0.1) is 0 Å². The predicted molar refractivity (Wildman–Crippen MR) is 276 cm³/mol. The number of carbonyl (C=O) groups is 6. The molecule has 2 saturated heterocycles. The number of nitrogens with zero attached hydrogens (tertiary/aromatic N) is 6. The van der Waals surface area contributed by atoms with E-state index in [0.29, 0.717) is 106 Å². The molecule has 9 rings (SSSR count). The van der Waals surface area contributed by atoms with Crippen LogP contribution < -0.4 is 14.8 Å². The van der Waals surface area contributed by atoms with E-state index in [4.69, 9.17) is 35.6 Å². The lowest BCUT2D eigenvalue weighted by Gasteiger charge is -2.35. The number of methoxy groups -OCH3 is 1. The normalized spacial score (nSPS) is 16.1. The fourth-order valence-corrected chi connectivity index (χ4v) is 10.7. The van der Waals surface area contributed by atoms with Gasteiger partial charge in [-0.05, 0) is 86.5 Å². The number of amides is 4. The number of imide groups is 1. The van der Waals surface area contributed by atoms with E-state index in [0.717, 1.165) is 0 Å². The molecular weight excluding hydrogens is 1050 g/mol. The molecule has 0 radical (unpaired) electrons.